The topological polar surface area (TPSA) is 118 Å². The van der Waals surface area contributed by atoms with E-state index in [1.807, 2.05) is 13.8 Å². The summed E-state index contributed by atoms with van der Waals surface area (Å²) in [6.45, 7) is 7.98. The molecule has 1 atom stereocenters. The van der Waals surface area contributed by atoms with Crippen LogP contribution in [0, 0.1) is 5.92 Å². The molecular formula is C12H24N6O2. The van der Waals surface area contributed by atoms with Crippen molar-refractivity contribution in [2.45, 2.75) is 46.3 Å². The first-order valence-electron chi connectivity index (χ1n) is 6.73. The highest BCUT2D eigenvalue weighted by atomic mass is 16.5. The largest absolute Gasteiger partial charge is 0.461 e. The molecule has 0 radical (unpaired) electrons. The summed E-state index contributed by atoms with van der Waals surface area (Å²) in [4.78, 5) is 12.3. The fourth-order valence-electron chi connectivity index (χ4n) is 1.63. The molecule has 20 heavy (non-hydrogen) atoms. The third kappa shape index (κ3) is 5.14. The van der Waals surface area contributed by atoms with E-state index in [1.54, 1.807) is 0 Å². The van der Waals surface area contributed by atoms with Crippen LogP contribution in [-0.2, 0) is 0 Å². The lowest BCUT2D eigenvalue weighted by atomic mass is 10.0. The maximum atomic E-state index is 9.09. The van der Waals surface area contributed by atoms with Crippen LogP contribution >= 0.6 is 0 Å². The Morgan fingerprint density at radius 2 is 1.80 bits per heavy atom. The second-order valence-corrected chi connectivity index (χ2v) is 5.08. The Morgan fingerprint density at radius 3 is 2.30 bits per heavy atom. The van der Waals surface area contributed by atoms with E-state index in [0.717, 1.165) is 0 Å². The van der Waals surface area contributed by atoms with Gasteiger partial charge in [-0.3, -0.25) is 5.43 Å². The predicted molar refractivity (Wildman–Crippen MR) is 77.4 cm³/mol. The maximum Gasteiger partial charge on any atom is 0.323 e. The SMILES string of the molecule is CC(C)Oc1nc(NN)nc(NC(CCO)C(C)C)n1. The van der Waals surface area contributed by atoms with Gasteiger partial charge in [0.2, 0.25) is 11.9 Å². The molecule has 0 aliphatic rings. The van der Waals surface area contributed by atoms with Gasteiger partial charge in [-0.25, -0.2) is 5.84 Å². The average Bonchev–Trinajstić information content (AvgIpc) is 2.37. The van der Waals surface area contributed by atoms with Crippen LogP contribution in [0.2, 0.25) is 0 Å². The van der Waals surface area contributed by atoms with Gasteiger partial charge >= 0.3 is 6.01 Å². The van der Waals surface area contributed by atoms with E-state index in [0.29, 0.717) is 18.3 Å². The van der Waals surface area contributed by atoms with Gasteiger partial charge in [0.05, 0.1) is 6.10 Å². The van der Waals surface area contributed by atoms with Crippen LogP contribution in [0.4, 0.5) is 11.9 Å². The molecule has 1 heterocycles. The van der Waals surface area contributed by atoms with Crippen molar-refractivity contribution in [3.05, 3.63) is 0 Å². The summed E-state index contributed by atoms with van der Waals surface area (Å²) in [5, 5.41) is 12.3. The molecule has 0 amide bonds. The molecule has 8 nitrogen and oxygen atoms in total. The number of nitrogen functional groups attached to an aromatic ring is 1. The number of hydrogen-bond acceptors (Lipinski definition) is 8. The Kier molecular flexibility index (Phi) is 6.40. The van der Waals surface area contributed by atoms with Gasteiger partial charge in [-0.2, -0.15) is 15.0 Å². The zero-order valence-corrected chi connectivity index (χ0v) is 12.4. The number of aliphatic hydroxyl groups excluding tert-OH is 1. The van der Waals surface area contributed by atoms with Crippen LogP contribution < -0.4 is 21.3 Å². The highest BCUT2D eigenvalue weighted by molar-refractivity contribution is 5.35. The Balaban J connectivity index is 2.91. The molecule has 0 saturated carbocycles. The molecule has 114 valence electrons. The van der Waals surface area contributed by atoms with Crippen LogP contribution in [0.25, 0.3) is 0 Å². The van der Waals surface area contributed by atoms with E-state index >= 15 is 0 Å². The lowest BCUT2D eigenvalue weighted by Gasteiger charge is -2.21. The minimum atomic E-state index is -0.0470. The molecule has 0 spiro atoms. The summed E-state index contributed by atoms with van der Waals surface area (Å²) < 4.78 is 5.45. The van der Waals surface area contributed by atoms with Crippen molar-refractivity contribution in [2.24, 2.45) is 11.8 Å². The normalized spacial score (nSPS) is 12.6. The van der Waals surface area contributed by atoms with E-state index in [2.05, 4.69) is 39.5 Å². The summed E-state index contributed by atoms with van der Waals surface area (Å²) in [7, 11) is 0. The second kappa shape index (κ2) is 7.81. The zero-order chi connectivity index (χ0) is 15.1. The first-order valence-corrected chi connectivity index (χ1v) is 6.73. The Morgan fingerprint density at radius 1 is 1.15 bits per heavy atom. The first-order chi connectivity index (χ1) is 9.46. The van der Waals surface area contributed by atoms with E-state index in [-0.39, 0.29) is 30.7 Å². The van der Waals surface area contributed by atoms with Crippen LogP contribution in [0.5, 0.6) is 6.01 Å². The molecule has 1 rings (SSSR count). The lowest BCUT2D eigenvalue weighted by Crippen LogP contribution is -2.28. The molecule has 5 N–H and O–H groups in total. The summed E-state index contributed by atoms with van der Waals surface area (Å²) in [6, 6.07) is 0.261. The van der Waals surface area contributed by atoms with Crippen LogP contribution in [0.3, 0.4) is 0 Å². The first kappa shape index (κ1) is 16.4. The fraction of sp³-hybridized carbons (Fsp3) is 0.750. The Bertz CT molecular complexity index is 413. The standard InChI is InChI=1S/C12H24N6O2/c1-7(2)9(5-6-19)14-10-15-11(18-13)17-12(16-10)20-8(3)4/h7-9,19H,5-6,13H2,1-4H3,(H2,14,15,16,17,18). The molecule has 1 unspecified atom stereocenters. The van der Waals surface area contributed by atoms with Crippen molar-refractivity contribution in [3.8, 4) is 6.01 Å². The van der Waals surface area contributed by atoms with Gasteiger partial charge in [0.15, 0.2) is 0 Å². The Labute approximate surface area is 119 Å². The number of aliphatic hydroxyl groups is 1. The van der Waals surface area contributed by atoms with Crippen molar-refractivity contribution < 1.29 is 9.84 Å². The molecule has 0 aliphatic carbocycles. The maximum absolute atomic E-state index is 9.09. The van der Waals surface area contributed by atoms with E-state index in [9.17, 15) is 0 Å². The van der Waals surface area contributed by atoms with Gasteiger partial charge in [-0.15, -0.1) is 0 Å². The van der Waals surface area contributed by atoms with Crippen molar-refractivity contribution in [1.82, 2.24) is 15.0 Å². The Hall–Kier alpha value is -1.67. The molecule has 0 bridgehead atoms. The number of nitrogens with zero attached hydrogens (tertiary/aromatic N) is 3. The molecule has 8 heteroatoms. The minimum Gasteiger partial charge on any atom is -0.461 e. The van der Waals surface area contributed by atoms with E-state index < -0.39 is 0 Å². The highest BCUT2D eigenvalue weighted by Crippen LogP contribution is 2.16. The van der Waals surface area contributed by atoms with Gasteiger partial charge < -0.3 is 15.2 Å². The number of rotatable bonds is 8. The van der Waals surface area contributed by atoms with Crippen molar-refractivity contribution in [2.75, 3.05) is 17.3 Å². The number of hydrazine groups is 1. The summed E-state index contributed by atoms with van der Waals surface area (Å²) in [5.41, 5.74) is 2.38. The number of hydrogen-bond donors (Lipinski definition) is 4. The summed E-state index contributed by atoms with van der Waals surface area (Å²) in [6.07, 6.45) is 0.559. The molecule has 0 aliphatic heterocycles. The number of anilines is 2. The van der Waals surface area contributed by atoms with Crippen LogP contribution in [-0.4, -0.2) is 38.8 Å². The monoisotopic (exact) mass is 284 g/mol. The van der Waals surface area contributed by atoms with Gasteiger partial charge in [0.25, 0.3) is 0 Å². The number of aromatic nitrogens is 3. The molecule has 1 aromatic rings. The molecular weight excluding hydrogens is 260 g/mol. The third-order valence-corrected chi connectivity index (χ3v) is 2.64. The molecule has 0 saturated heterocycles. The third-order valence-electron chi connectivity index (χ3n) is 2.64. The van der Waals surface area contributed by atoms with E-state index in [4.69, 9.17) is 15.7 Å². The van der Waals surface area contributed by atoms with E-state index in [1.165, 1.54) is 0 Å². The number of nitrogens with one attached hydrogen (secondary N) is 2. The second-order valence-electron chi connectivity index (χ2n) is 5.08. The van der Waals surface area contributed by atoms with Crippen LogP contribution in [0.15, 0.2) is 0 Å². The number of ether oxygens (including phenoxy) is 1. The van der Waals surface area contributed by atoms with Crippen LogP contribution in [0.1, 0.15) is 34.1 Å². The summed E-state index contributed by atoms with van der Waals surface area (Å²) in [5.74, 6) is 6.26. The zero-order valence-electron chi connectivity index (χ0n) is 12.4. The van der Waals surface area contributed by atoms with Crippen molar-refractivity contribution in [3.63, 3.8) is 0 Å². The minimum absolute atomic E-state index is 0.0470. The average molecular weight is 284 g/mol. The molecule has 0 aromatic carbocycles. The smallest absolute Gasteiger partial charge is 0.323 e. The fourth-order valence-corrected chi connectivity index (χ4v) is 1.63. The van der Waals surface area contributed by atoms with Gasteiger partial charge in [0, 0.05) is 12.6 Å². The van der Waals surface area contributed by atoms with Crippen molar-refractivity contribution >= 4 is 11.9 Å². The quantitative estimate of drug-likeness (QED) is 0.408. The number of nitrogens with two attached hydrogens (primary N) is 1. The lowest BCUT2D eigenvalue weighted by molar-refractivity contribution is 0.222. The summed E-state index contributed by atoms with van der Waals surface area (Å²) >= 11 is 0. The predicted octanol–water partition coefficient (Wildman–Crippen LogP) is 0.763. The van der Waals surface area contributed by atoms with Gasteiger partial charge in [-0.05, 0) is 26.2 Å². The van der Waals surface area contributed by atoms with Gasteiger partial charge in [-0.1, -0.05) is 13.8 Å². The molecule has 1 aromatic heterocycles. The van der Waals surface area contributed by atoms with Crippen molar-refractivity contribution in [1.29, 1.82) is 0 Å². The van der Waals surface area contributed by atoms with Gasteiger partial charge in [0.1, 0.15) is 0 Å². The highest BCUT2D eigenvalue weighted by Gasteiger charge is 2.16. The molecule has 0 fully saturated rings.